The van der Waals surface area contributed by atoms with Crippen LogP contribution in [0.15, 0.2) is 36.7 Å². The van der Waals surface area contributed by atoms with Gasteiger partial charge in [0.25, 0.3) is 0 Å². The SMILES string of the molecule is O=C(O)CCOc1cnn(-c2ccccc2O)c1. The quantitative estimate of drug-likeness (QED) is 0.836. The van der Waals surface area contributed by atoms with Crippen molar-refractivity contribution in [1.82, 2.24) is 9.78 Å². The molecule has 0 aliphatic rings. The lowest BCUT2D eigenvalue weighted by atomic mass is 10.3. The highest BCUT2D eigenvalue weighted by Gasteiger charge is 2.06. The van der Waals surface area contributed by atoms with Gasteiger partial charge in [0.05, 0.1) is 25.4 Å². The van der Waals surface area contributed by atoms with E-state index < -0.39 is 5.97 Å². The van der Waals surface area contributed by atoms with E-state index in [4.69, 9.17) is 9.84 Å². The molecule has 0 radical (unpaired) electrons. The van der Waals surface area contributed by atoms with Crippen molar-refractivity contribution in [2.45, 2.75) is 6.42 Å². The first kappa shape index (κ1) is 12.0. The van der Waals surface area contributed by atoms with Gasteiger partial charge in [-0.1, -0.05) is 12.1 Å². The van der Waals surface area contributed by atoms with Gasteiger partial charge in [0, 0.05) is 0 Å². The third kappa shape index (κ3) is 2.79. The predicted octanol–water partition coefficient (Wildman–Crippen LogP) is 1.43. The molecule has 6 heteroatoms. The number of carboxylic acid groups (broad SMARTS) is 1. The molecule has 1 heterocycles. The Morgan fingerprint density at radius 2 is 2.17 bits per heavy atom. The second-order valence-electron chi connectivity index (χ2n) is 3.60. The van der Waals surface area contributed by atoms with E-state index in [1.165, 1.54) is 10.9 Å². The van der Waals surface area contributed by atoms with E-state index in [0.29, 0.717) is 11.4 Å². The van der Waals surface area contributed by atoms with Gasteiger partial charge < -0.3 is 14.9 Å². The molecule has 0 saturated carbocycles. The number of para-hydroxylation sites is 2. The summed E-state index contributed by atoms with van der Waals surface area (Å²) in [4.78, 5) is 10.3. The number of hydrogen-bond acceptors (Lipinski definition) is 4. The Morgan fingerprint density at radius 1 is 1.39 bits per heavy atom. The lowest BCUT2D eigenvalue weighted by Gasteiger charge is -2.03. The maximum absolute atomic E-state index is 10.3. The van der Waals surface area contributed by atoms with Gasteiger partial charge in [0.2, 0.25) is 0 Å². The van der Waals surface area contributed by atoms with E-state index in [-0.39, 0.29) is 18.8 Å². The standard InChI is InChI=1S/C12H12N2O4/c15-11-4-2-1-3-10(11)14-8-9(7-13-14)18-6-5-12(16)17/h1-4,7-8,15H,5-6H2,(H,16,17). The average molecular weight is 248 g/mol. The molecule has 0 fully saturated rings. The van der Waals surface area contributed by atoms with Gasteiger partial charge in [-0.05, 0) is 12.1 Å². The highest BCUT2D eigenvalue weighted by atomic mass is 16.5. The highest BCUT2D eigenvalue weighted by Crippen LogP contribution is 2.21. The molecule has 0 aliphatic carbocycles. The minimum atomic E-state index is -0.914. The maximum atomic E-state index is 10.3. The van der Waals surface area contributed by atoms with Crippen molar-refractivity contribution in [2.24, 2.45) is 0 Å². The molecule has 18 heavy (non-hydrogen) atoms. The Labute approximate surface area is 103 Å². The number of aromatic nitrogens is 2. The molecule has 2 aromatic rings. The number of benzene rings is 1. The lowest BCUT2D eigenvalue weighted by molar-refractivity contribution is -0.137. The van der Waals surface area contributed by atoms with Crippen LogP contribution in [-0.2, 0) is 4.79 Å². The topological polar surface area (TPSA) is 84.6 Å². The number of carboxylic acids is 1. The lowest BCUT2D eigenvalue weighted by Crippen LogP contribution is -2.04. The fourth-order valence-corrected chi connectivity index (χ4v) is 1.43. The van der Waals surface area contributed by atoms with E-state index in [9.17, 15) is 9.90 Å². The van der Waals surface area contributed by atoms with Gasteiger partial charge in [0.15, 0.2) is 5.75 Å². The van der Waals surface area contributed by atoms with Crippen LogP contribution >= 0.6 is 0 Å². The Hall–Kier alpha value is -2.50. The Balaban J connectivity index is 2.06. The van der Waals surface area contributed by atoms with Gasteiger partial charge in [-0.2, -0.15) is 5.10 Å². The summed E-state index contributed by atoms with van der Waals surface area (Å²) < 4.78 is 6.68. The summed E-state index contributed by atoms with van der Waals surface area (Å²) in [6, 6.07) is 6.76. The number of nitrogens with zero attached hydrogens (tertiary/aromatic N) is 2. The molecule has 6 nitrogen and oxygen atoms in total. The molecule has 94 valence electrons. The van der Waals surface area contributed by atoms with E-state index >= 15 is 0 Å². The number of aromatic hydroxyl groups is 1. The summed E-state index contributed by atoms with van der Waals surface area (Å²) in [7, 11) is 0. The van der Waals surface area contributed by atoms with E-state index in [1.54, 1.807) is 30.5 Å². The monoisotopic (exact) mass is 248 g/mol. The van der Waals surface area contributed by atoms with E-state index in [0.717, 1.165) is 0 Å². The normalized spacial score (nSPS) is 10.2. The Bertz CT molecular complexity index is 551. The molecular weight excluding hydrogens is 236 g/mol. The zero-order chi connectivity index (χ0) is 13.0. The fraction of sp³-hybridized carbons (Fsp3) is 0.167. The van der Waals surface area contributed by atoms with Crippen LogP contribution in [0.5, 0.6) is 11.5 Å². The minimum absolute atomic E-state index is 0.0677. The Kier molecular flexibility index (Phi) is 3.47. The molecule has 2 N–H and O–H groups in total. The summed E-state index contributed by atoms with van der Waals surface area (Å²) in [5.74, 6) is -0.347. The molecule has 0 bridgehead atoms. The van der Waals surface area contributed by atoms with Crippen molar-refractivity contribution in [1.29, 1.82) is 0 Å². The van der Waals surface area contributed by atoms with Crippen LogP contribution in [0.4, 0.5) is 0 Å². The molecule has 0 unspecified atom stereocenters. The van der Waals surface area contributed by atoms with E-state index in [1.807, 2.05) is 0 Å². The Morgan fingerprint density at radius 3 is 2.89 bits per heavy atom. The molecule has 2 rings (SSSR count). The van der Waals surface area contributed by atoms with Gasteiger partial charge in [-0.3, -0.25) is 4.79 Å². The van der Waals surface area contributed by atoms with Gasteiger partial charge >= 0.3 is 5.97 Å². The number of hydrogen-bond donors (Lipinski definition) is 2. The van der Waals surface area contributed by atoms with Crippen molar-refractivity contribution in [3.8, 4) is 17.2 Å². The van der Waals surface area contributed by atoms with Crippen LogP contribution in [0.3, 0.4) is 0 Å². The zero-order valence-electron chi connectivity index (χ0n) is 9.48. The zero-order valence-corrected chi connectivity index (χ0v) is 9.48. The van der Waals surface area contributed by atoms with Crippen molar-refractivity contribution in [3.05, 3.63) is 36.7 Å². The maximum Gasteiger partial charge on any atom is 0.306 e. The number of aliphatic carboxylic acids is 1. The van der Waals surface area contributed by atoms with Gasteiger partial charge in [0.1, 0.15) is 11.4 Å². The molecule has 0 atom stereocenters. The highest BCUT2D eigenvalue weighted by molar-refractivity contribution is 5.66. The second kappa shape index (κ2) is 5.22. The van der Waals surface area contributed by atoms with Gasteiger partial charge in [-0.15, -0.1) is 0 Å². The summed E-state index contributed by atoms with van der Waals surface area (Å²) in [5.41, 5.74) is 0.533. The fourth-order valence-electron chi connectivity index (χ4n) is 1.43. The third-order valence-corrected chi connectivity index (χ3v) is 2.27. The van der Waals surface area contributed by atoms with Crippen molar-refractivity contribution < 1.29 is 19.7 Å². The number of phenols is 1. The molecule has 0 amide bonds. The molecule has 0 saturated heterocycles. The van der Waals surface area contributed by atoms with E-state index in [2.05, 4.69) is 5.10 Å². The largest absolute Gasteiger partial charge is 0.506 e. The van der Waals surface area contributed by atoms with Crippen molar-refractivity contribution in [3.63, 3.8) is 0 Å². The van der Waals surface area contributed by atoms with Crippen LogP contribution in [0.1, 0.15) is 6.42 Å². The molecule has 0 aliphatic heterocycles. The first-order valence-electron chi connectivity index (χ1n) is 5.34. The third-order valence-electron chi connectivity index (χ3n) is 2.27. The number of phenolic OH excluding ortho intramolecular Hbond substituents is 1. The summed E-state index contributed by atoms with van der Waals surface area (Å²) in [5, 5.41) is 22.1. The van der Waals surface area contributed by atoms with Crippen LogP contribution in [0.25, 0.3) is 5.69 Å². The van der Waals surface area contributed by atoms with Crippen LogP contribution in [0, 0.1) is 0 Å². The first-order chi connectivity index (χ1) is 8.66. The molecule has 1 aromatic heterocycles. The summed E-state index contributed by atoms with van der Waals surface area (Å²) in [6.07, 6.45) is 2.98. The molecule has 0 spiro atoms. The average Bonchev–Trinajstić information content (AvgIpc) is 2.78. The van der Waals surface area contributed by atoms with Gasteiger partial charge in [-0.25, -0.2) is 4.68 Å². The molecule has 1 aromatic carbocycles. The van der Waals surface area contributed by atoms with Crippen LogP contribution in [-0.4, -0.2) is 32.6 Å². The second-order valence-corrected chi connectivity index (χ2v) is 3.60. The molecular formula is C12H12N2O4. The van der Waals surface area contributed by atoms with Crippen molar-refractivity contribution >= 4 is 5.97 Å². The summed E-state index contributed by atoms with van der Waals surface area (Å²) in [6.45, 7) is 0.0851. The van der Waals surface area contributed by atoms with Crippen LogP contribution in [0.2, 0.25) is 0 Å². The smallest absolute Gasteiger partial charge is 0.306 e. The van der Waals surface area contributed by atoms with Crippen LogP contribution < -0.4 is 4.74 Å². The summed E-state index contributed by atoms with van der Waals surface area (Å²) >= 11 is 0. The minimum Gasteiger partial charge on any atom is -0.506 e. The number of ether oxygens (including phenoxy) is 1. The van der Waals surface area contributed by atoms with Crippen molar-refractivity contribution in [2.75, 3.05) is 6.61 Å². The predicted molar refractivity (Wildman–Crippen MR) is 63.0 cm³/mol. The first-order valence-corrected chi connectivity index (χ1v) is 5.34. The number of carbonyl (C=O) groups is 1. The number of rotatable bonds is 5.